The maximum absolute atomic E-state index is 3.57. The van der Waals surface area contributed by atoms with Crippen molar-refractivity contribution in [2.45, 2.75) is 25.4 Å². The van der Waals surface area contributed by atoms with Crippen LogP contribution in [0.5, 0.6) is 0 Å². The number of piperazine rings is 1. The number of benzene rings is 2. The van der Waals surface area contributed by atoms with Gasteiger partial charge in [-0.2, -0.15) is 0 Å². The molecule has 1 saturated heterocycles. The predicted molar refractivity (Wildman–Crippen MR) is 83.7 cm³/mol. The third kappa shape index (κ3) is 2.34. The van der Waals surface area contributed by atoms with Crippen molar-refractivity contribution in [2.75, 3.05) is 19.6 Å². The maximum atomic E-state index is 3.57. The molecule has 2 aromatic rings. The average molecular weight is 266 g/mol. The summed E-state index contributed by atoms with van der Waals surface area (Å²) in [5, 5.41) is 6.35. The third-order valence-electron chi connectivity index (χ3n) is 4.82. The van der Waals surface area contributed by atoms with Crippen LogP contribution in [0.15, 0.2) is 42.5 Å². The zero-order valence-electron chi connectivity index (χ0n) is 11.9. The molecule has 1 heterocycles. The molecule has 20 heavy (non-hydrogen) atoms. The lowest BCUT2D eigenvalue weighted by molar-refractivity contribution is 0.136. The summed E-state index contributed by atoms with van der Waals surface area (Å²) in [5.74, 6) is 0.942. The summed E-state index contributed by atoms with van der Waals surface area (Å²) in [6, 6.07) is 16.2. The largest absolute Gasteiger partial charge is 0.314 e. The molecule has 2 aromatic carbocycles. The van der Waals surface area contributed by atoms with Crippen LogP contribution in [0.4, 0.5) is 0 Å². The summed E-state index contributed by atoms with van der Waals surface area (Å²) in [5.41, 5.74) is 1.48. The van der Waals surface area contributed by atoms with Crippen LogP contribution in [-0.4, -0.2) is 30.6 Å². The molecule has 0 bridgehead atoms. The fourth-order valence-corrected chi connectivity index (χ4v) is 3.56. The summed E-state index contributed by atoms with van der Waals surface area (Å²) in [6.07, 6.45) is 2.86. The highest BCUT2D eigenvalue weighted by atomic mass is 15.2. The van der Waals surface area contributed by atoms with Crippen LogP contribution < -0.4 is 5.32 Å². The van der Waals surface area contributed by atoms with Crippen molar-refractivity contribution >= 4 is 10.8 Å². The Bertz CT molecular complexity index is 598. The van der Waals surface area contributed by atoms with Crippen LogP contribution in [-0.2, 0) is 6.54 Å². The molecule has 1 saturated carbocycles. The quantitative estimate of drug-likeness (QED) is 0.918. The number of nitrogens with one attached hydrogen (secondary N) is 1. The van der Waals surface area contributed by atoms with Gasteiger partial charge in [0.2, 0.25) is 0 Å². The SMILES string of the molecule is c1ccc2c(CN3CCNCC3C3CC3)cccc2c1. The normalized spacial score (nSPS) is 24.1. The number of nitrogens with zero attached hydrogens (tertiary/aromatic N) is 1. The van der Waals surface area contributed by atoms with Crippen molar-refractivity contribution in [2.24, 2.45) is 5.92 Å². The molecule has 1 unspecified atom stereocenters. The van der Waals surface area contributed by atoms with Gasteiger partial charge in [0.15, 0.2) is 0 Å². The number of hydrogen-bond acceptors (Lipinski definition) is 2. The third-order valence-corrected chi connectivity index (χ3v) is 4.82. The van der Waals surface area contributed by atoms with Crippen molar-refractivity contribution in [1.82, 2.24) is 10.2 Å². The molecule has 4 rings (SSSR count). The Morgan fingerprint density at radius 1 is 1.05 bits per heavy atom. The van der Waals surface area contributed by atoms with E-state index in [2.05, 4.69) is 52.7 Å². The summed E-state index contributed by atoms with van der Waals surface area (Å²) in [6.45, 7) is 4.60. The molecule has 1 N–H and O–H groups in total. The fourth-order valence-electron chi connectivity index (χ4n) is 3.56. The minimum absolute atomic E-state index is 0.753. The first kappa shape index (κ1) is 12.4. The van der Waals surface area contributed by atoms with Gasteiger partial charge in [0.1, 0.15) is 0 Å². The Morgan fingerprint density at radius 2 is 1.90 bits per heavy atom. The molecule has 1 aliphatic heterocycles. The maximum Gasteiger partial charge on any atom is 0.0252 e. The number of fused-ring (bicyclic) bond motifs is 1. The minimum Gasteiger partial charge on any atom is -0.314 e. The minimum atomic E-state index is 0.753. The first-order valence-corrected chi connectivity index (χ1v) is 7.83. The molecule has 104 valence electrons. The van der Waals surface area contributed by atoms with E-state index in [-0.39, 0.29) is 0 Å². The van der Waals surface area contributed by atoms with Crippen LogP contribution in [0, 0.1) is 5.92 Å². The lowest BCUT2D eigenvalue weighted by Crippen LogP contribution is -2.51. The van der Waals surface area contributed by atoms with Crippen LogP contribution in [0.3, 0.4) is 0 Å². The zero-order valence-corrected chi connectivity index (χ0v) is 11.9. The fraction of sp³-hybridized carbons (Fsp3) is 0.444. The van der Waals surface area contributed by atoms with Gasteiger partial charge in [0.25, 0.3) is 0 Å². The van der Waals surface area contributed by atoms with E-state index in [4.69, 9.17) is 0 Å². The molecule has 0 amide bonds. The van der Waals surface area contributed by atoms with E-state index in [0.29, 0.717) is 0 Å². The van der Waals surface area contributed by atoms with E-state index < -0.39 is 0 Å². The second-order valence-corrected chi connectivity index (χ2v) is 6.22. The van der Waals surface area contributed by atoms with E-state index in [1.165, 1.54) is 42.3 Å². The Balaban J connectivity index is 1.62. The molecular weight excluding hydrogens is 244 g/mol. The average Bonchev–Trinajstić information content (AvgIpc) is 3.33. The highest BCUT2D eigenvalue weighted by Gasteiger charge is 2.36. The van der Waals surface area contributed by atoms with Gasteiger partial charge in [-0.25, -0.2) is 0 Å². The van der Waals surface area contributed by atoms with Crippen molar-refractivity contribution in [1.29, 1.82) is 0 Å². The van der Waals surface area contributed by atoms with Gasteiger partial charge < -0.3 is 5.32 Å². The van der Waals surface area contributed by atoms with Crippen molar-refractivity contribution in [3.8, 4) is 0 Å². The topological polar surface area (TPSA) is 15.3 Å². The standard InChI is InChI=1S/C18H22N2/c1-2-7-17-14(4-1)5-3-6-16(17)13-20-11-10-19-12-18(20)15-8-9-15/h1-7,15,18-19H,8-13H2. The van der Waals surface area contributed by atoms with Crippen molar-refractivity contribution < 1.29 is 0 Å². The molecular formula is C18H22N2. The zero-order chi connectivity index (χ0) is 13.4. The Kier molecular flexibility index (Phi) is 3.21. The van der Waals surface area contributed by atoms with Crippen LogP contribution in [0.1, 0.15) is 18.4 Å². The van der Waals surface area contributed by atoms with E-state index in [1.54, 1.807) is 0 Å². The Hall–Kier alpha value is -1.38. The summed E-state index contributed by atoms with van der Waals surface area (Å²) in [7, 11) is 0. The molecule has 2 nitrogen and oxygen atoms in total. The first-order valence-electron chi connectivity index (χ1n) is 7.83. The lowest BCUT2D eigenvalue weighted by Gasteiger charge is -2.36. The molecule has 0 radical (unpaired) electrons. The second kappa shape index (κ2) is 5.19. The Labute approximate surface area is 120 Å². The monoisotopic (exact) mass is 266 g/mol. The van der Waals surface area contributed by atoms with Gasteiger partial charge in [-0.1, -0.05) is 42.5 Å². The first-order chi connectivity index (χ1) is 9.92. The summed E-state index contributed by atoms with van der Waals surface area (Å²) in [4.78, 5) is 2.70. The van der Waals surface area contributed by atoms with Gasteiger partial charge >= 0.3 is 0 Å². The van der Waals surface area contributed by atoms with Crippen LogP contribution >= 0.6 is 0 Å². The van der Waals surface area contributed by atoms with E-state index in [0.717, 1.165) is 25.0 Å². The number of rotatable bonds is 3. The molecule has 1 atom stereocenters. The van der Waals surface area contributed by atoms with Crippen molar-refractivity contribution in [3.63, 3.8) is 0 Å². The summed E-state index contributed by atoms with van der Waals surface area (Å²) >= 11 is 0. The molecule has 2 heteroatoms. The van der Waals surface area contributed by atoms with Gasteiger partial charge in [0.05, 0.1) is 0 Å². The molecule has 0 aromatic heterocycles. The van der Waals surface area contributed by atoms with Gasteiger partial charge in [-0.15, -0.1) is 0 Å². The van der Waals surface area contributed by atoms with Gasteiger partial charge in [0, 0.05) is 32.2 Å². The molecule has 0 spiro atoms. The molecule has 2 fully saturated rings. The van der Waals surface area contributed by atoms with Gasteiger partial charge in [-0.05, 0) is 35.1 Å². The lowest BCUT2D eigenvalue weighted by atomic mass is 10.0. The number of hydrogen-bond donors (Lipinski definition) is 1. The van der Waals surface area contributed by atoms with Crippen LogP contribution in [0.25, 0.3) is 10.8 Å². The van der Waals surface area contributed by atoms with E-state index >= 15 is 0 Å². The molecule has 2 aliphatic rings. The highest BCUT2D eigenvalue weighted by Crippen LogP contribution is 2.36. The predicted octanol–water partition coefficient (Wildman–Crippen LogP) is 3.02. The smallest absolute Gasteiger partial charge is 0.0252 e. The van der Waals surface area contributed by atoms with Crippen molar-refractivity contribution in [3.05, 3.63) is 48.0 Å². The Morgan fingerprint density at radius 3 is 2.80 bits per heavy atom. The van der Waals surface area contributed by atoms with E-state index in [1.807, 2.05) is 0 Å². The summed E-state index contributed by atoms with van der Waals surface area (Å²) < 4.78 is 0. The highest BCUT2D eigenvalue weighted by molar-refractivity contribution is 5.85. The van der Waals surface area contributed by atoms with Gasteiger partial charge in [-0.3, -0.25) is 4.90 Å². The van der Waals surface area contributed by atoms with E-state index in [9.17, 15) is 0 Å². The van der Waals surface area contributed by atoms with Crippen LogP contribution in [0.2, 0.25) is 0 Å². The molecule has 1 aliphatic carbocycles. The second-order valence-electron chi connectivity index (χ2n) is 6.22.